The number of carbonyl (C=O) groups excluding carboxylic acids is 1. The molecule has 1 amide bonds. The minimum atomic E-state index is -0.241. The number of amides is 1. The molecule has 0 aliphatic heterocycles. The summed E-state index contributed by atoms with van der Waals surface area (Å²) >= 11 is 3.22. The van der Waals surface area contributed by atoms with Crippen LogP contribution in [0.1, 0.15) is 28.4 Å². The number of carbonyl (C=O) groups is 1. The number of hydrogen-bond donors (Lipinski definition) is 1. The molecular weight excluding hydrogens is 442 g/mol. The van der Waals surface area contributed by atoms with Crippen LogP contribution in [0.2, 0.25) is 0 Å². The third kappa shape index (κ3) is 4.10. The second-order valence-corrected chi connectivity index (χ2v) is 9.91. The first kappa shape index (κ1) is 22.3. The molecule has 0 spiro atoms. The maximum atomic E-state index is 13.0. The molecule has 166 valence electrons. The van der Waals surface area contributed by atoms with Crippen LogP contribution < -0.4 is 10.9 Å². The second-order valence-electron chi connectivity index (χ2n) is 7.62. The van der Waals surface area contributed by atoms with Crippen LogP contribution in [-0.4, -0.2) is 31.0 Å². The van der Waals surface area contributed by atoms with E-state index in [4.69, 9.17) is 0 Å². The fourth-order valence-electron chi connectivity index (χ4n) is 3.57. The first-order valence-corrected chi connectivity index (χ1v) is 12.1. The number of aromatic nitrogens is 4. The Morgan fingerprint density at radius 1 is 1.12 bits per heavy atom. The molecule has 9 heteroatoms. The van der Waals surface area contributed by atoms with Gasteiger partial charge in [-0.3, -0.25) is 14.3 Å². The Labute approximate surface area is 194 Å². The van der Waals surface area contributed by atoms with Gasteiger partial charge in [0.2, 0.25) is 5.91 Å². The number of thioether (sulfide) groups is 1. The standard InChI is InChI=1S/C23H25N5O2S2/c1-13-15(3)32-22-19(13)21(24-16(4)25-22)31-12-11-18(29)26-20-14(2)27(5)28(23(20)30)17-9-7-6-8-10-17/h6-10H,11-12H2,1-5H3,(H,26,29). The number of benzene rings is 1. The summed E-state index contributed by atoms with van der Waals surface area (Å²) in [5.41, 5.74) is 2.73. The minimum absolute atomic E-state index is 0.191. The lowest BCUT2D eigenvalue weighted by Crippen LogP contribution is -2.23. The molecule has 0 radical (unpaired) electrons. The second kappa shape index (κ2) is 8.91. The van der Waals surface area contributed by atoms with Gasteiger partial charge in [-0.15, -0.1) is 23.1 Å². The van der Waals surface area contributed by atoms with Crippen LogP contribution in [0.15, 0.2) is 40.2 Å². The van der Waals surface area contributed by atoms with Crippen LogP contribution in [0.4, 0.5) is 5.69 Å². The summed E-state index contributed by atoms with van der Waals surface area (Å²) in [6.07, 6.45) is 0.274. The topological polar surface area (TPSA) is 81.8 Å². The summed E-state index contributed by atoms with van der Waals surface area (Å²) in [5, 5.41) is 4.81. The number of nitrogens with one attached hydrogen (secondary N) is 1. The van der Waals surface area contributed by atoms with Crippen LogP contribution in [0.3, 0.4) is 0 Å². The van der Waals surface area contributed by atoms with E-state index in [1.165, 1.54) is 10.4 Å². The first-order valence-electron chi connectivity index (χ1n) is 10.3. The van der Waals surface area contributed by atoms with Gasteiger partial charge in [0.1, 0.15) is 21.4 Å². The van der Waals surface area contributed by atoms with Gasteiger partial charge in [-0.25, -0.2) is 14.6 Å². The molecule has 0 saturated carbocycles. The van der Waals surface area contributed by atoms with Gasteiger partial charge in [-0.2, -0.15) is 0 Å². The van der Waals surface area contributed by atoms with Crippen molar-refractivity contribution in [1.29, 1.82) is 0 Å². The van der Waals surface area contributed by atoms with E-state index in [-0.39, 0.29) is 17.9 Å². The van der Waals surface area contributed by atoms with E-state index in [1.54, 1.807) is 32.5 Å². The number of fused-ring (bicyclic) bond motifs is 1. The number of para-hydroxylation sites is 1. The smallest absolute Gasteiger partial charge is 0.295 e. The highest BCUT2D eigenvalue weighted by atomic mass is 32.2. The molecule has 0 aliphatic rings. The van der Waals surface area contributed by atoms with Crippen LogP contribution in [0.25, 0.3) is 15.9 Å². The molecule has 0 fully saturated rings. The minimum Gasteiger partial charge on any atom is -0.320 e. The summed E-state index contributed by atoms with van der Waals surface area (Å²) in [6, 6.07) is 9.38. The van der Waals surface area contributed by atoms with Gasteiger partial charge in [0, 0.05) is 29.5 Å². The Balaban J connectivity index is 1.48. The molecule has 1 N–H and O–H groups in total. The Hall–Kier alpha value is -2.91. The Kier molecular flexibility index (Phi) is 6.21. The van der Waals surface area contributed by atoms with E-state index in [0.717, 1.165) is 26.8 Å². The SMILES string of the molecule is Cc1nc(SCCC(=O)Nc2c(C)n(C)n(-c3ccccc3)c2=O)c2c(C)c(C)sc2n1. The van der Waals surface area contributed by atoms with E-state index < -0.39 is 0 Å². The van der Waals surface area contributed by atoms with Crippen LogP contribution >= 0.6 is 23.1 Å². The maximum absolute atomic E-state index is 13.0. The van der Waals surface area contributed by atoms with Gasteiger partial charge < -0.3 is 5.32 Å². The van der Waals surface area contributed by atoms with Crippen molar-refractivity contribution >= 4 is 44.9 Å². The number of rotatable bonds is 6. The van der Waals surface area contributed by atoms with Crippen LogP contribution in [-0.2, 0) is 11.8 Å². The van der Waals surface area contributed by atoms with Crippen LogP contribution in [0, 0.1) is 27.7 Å². The fourth-order valence-corrected chi connectivity index (χ4v) is 5.78. The van der Waals surface area contributed by atoms with Gasteiger partial charge in [-0.05, 0) is 45.4 Å². The van der Waals surface area contributed by atoms with Gasteiger partial charge in [0.05, 0.1) is 11.4 Å². The van der Waals surface area contributed by atoms with E-state index in [2.05, 4.69) is 29.1 Å². The van der Waals surface area contributed by atoms with E-state index in [1.807, 2.05) is 51.2 Å². The van der Waals surface area contributed by atoms with Crippen molar-refractivity contribution in [3.63, 3.8) is 0 Å². The summed E-state index contributed by atoms with van der Waals surface area (Å²) in [4.78, 5) is 37.0. The molecule has 4 aromatic rings. The quantitative estimate of drug-likeness (QED) is 0.333. The third-order valence-corrected chi connectivity index (χ3v) is 7.57. The Morgan fingerprint density at radius 2 is 1.84 bits per heavy atom. The number of hydrogen-bond acceptors (Lipinski definition) is 6. The highest BCUT2D eigenvalue weighted by molar-refractivity contribution is 7.99. The molecular formula is C23H25N5O2S2. The highest BCUT2D eigenvalue weighted by Gasteiger charge is 2.19. The Morgan fingerprint density at radius 3 is 2.56 bits per heavy atom. The largest absolute Gasteiger partial charge is 0.320 e. The zero-order valence-corrected chi connectivity index (χ0v) is 20.4. The van der Waals surface area contributed by atoms with Crippen molar-refractivity contribution in [2.24, 2.45) is 7.05 Å². The van der Waals surface area contributed by atoms with Gasteiger partial charge in [0.15, 0.2) is 0 Å². The zero-order chi connectivity index (χ0) is 23.0. The zero-order valence-electron chi connectivity index (χ0n) is 18.7. The lowest BCUT2D eigenvalue weighted by molar-refractivity contribution is -0.115. The number of nitrogens with zero attached hydrogens (tertiary/aromatic N) is 4. The summed E-state index contributed by atoms with van der Waals surface area (Å²) in [5.74, 6) is 1.10. The molecule has 4 rings (SSSR count). The molecule has 0 aliphatic carbocycles. The van der Waals surface area contributed by atoms with Crippen LogP contribution in [0.5, 0.6) is 0 Å². The molecule has 3 heterocycles. The van der Waals surface area contributed by atoms with Crippen molar-refractivity contribution in [2.45, 2.75) is 39.1 Å². The van der Waals surface area contributed by atoms with Crippen molar-refractivity contribution in [2.75, 3.05) is 11.1 Å². The molecule has 0 bridgehead atoms. The molecule has 7 nitrogen and oxygen atoms in total. The first-order chi connectivity index (χ1) is 15.3. The molecule has 3 aromatic heterocycles. The van der Waals surface area contributed by atoms with Crippen molar-refractivity contribution in [1.82, 2.24) is 19.3 Å². The van der Waals surface area contributed by atoms with Crippen molar-refractivity contribution in [3.8, 4) is 5.69 Å². The average molecular weight is 468 g/mol. The molecule has 32 heavy (non-hydrogen) atoms. The lowest BCUT2D eigenvalue weighted by Gasteiger charge is -2.07. The monoisotopic (exact) mass is 467 g/mol. The van der Waals surface area contributed by atoms with Gasteiger partial charge in [-0.1, -0.05) is 18.2 Å². The fraction of sp³-hybridized carbons (Fsp3) is 0.304. The molecule has 0 atom stereocenters. The van der Waals surface area contributed by atoms with E-state index in [9.17, 15) is 9.59 Å². The van der Waals surface area contributed by atoms with E-state index >= 15 is 0 Å². The predicted molar refractivity (Wildman–Crippen MR) is 131 cm³/mol. The predicted octanol–water partition coefficient (Wildman–Crippen LogP) is 4.54. The van der Waals surface area contributed by atoms with E-state index in [0.29, 0.717) is 17.1 Å². The molecule has 0 saturated heterocycles. The lowest BCUT2D eigenvalue weighted by atomic mass is 10.2. The van der Waals surface area contributed by atoms with Crippen molar-refractivity contribution in [3.05, 3.63) is 62.6 Å². The number of aryl methyl sites for hydroxylation is 3. The normalized spacial score (nSPS) is 11.3. The average Bonchev–Trinajstić information content (AvgIpc) is 3.15. The molecule has 0 unspecified atom stereocenters. The van der Waals surface area contributed by atoms with Crippen molar-refractivity contribution < 1.29 is 4.79 Å². The molecule has 1 aromatic carbocycles. The summed E-state index contributed by atoms with van der Waals surface area (Å²) in [6.45, 7) is 7.88. The maximum Gasteiger partial charge on any atom is 0.295 e. The Bertz CT molecular complexity index is 1370. The third-order valence-electron chi connectivity index (χ3n) is 5.49. The van der Waals surface area contributed by atoms with Gasteiger partial charge in [0.25, 0.3) is 5.56 Å². The highest BCUT2D eigenvalue weighted by Crippen LogP contribution is 2.35. The number of anilines is 1. The summed E-state index contributed by atoms with van der Waals surface area (Å²) < 4.78 is 3.31. The number of thiophene rings is 1. The summed E-state index contributed by atoms with van der Waals surface area (Å²) in [7, 11) is 1.81. The van der Waals surface area contributed by atoms with Gasteiger partial charge >= 0.3 is 0 Å².